The highest BCUT2D eigenvalue weighted by atomic mass is 79.9. The molecule has 0 aliphatic carbocycles. The molecule has 0 unspecified atom stereocenters. The zero-order chi connectivity index (χ0) is 18.3. The topological polar surface area (TPSA) is 90.6 Å². The number of hydrogen-bond donors (Lipinski definition) is 2. The lowest BCUT2D eigenvalue weighted by molar-refractivity contribution is -0.118. The lowest BCUT2D eigenvalue weighted by Crippen LogP contribution is -2.42. The Kier molecular flexibility index (Phi) is 7.54. The predicted octanol–water partition coefficient (Wildman–Crippen LogP) is 3.30. The average Bonchev–Trinajstić information content (AvgIpc) is 2.43. The molecule has 0 bridgehead atoms. The molecule has 7 heteroatoms. The second-order valence-electron chi connectivity index (χ2n) is 6.57. The van der Waals surface area contributed by atoms with Crippen molar-refractivity contribution < 1.29 is 19.1 Å². The first-order valence-corrected chi connectivity index (χ1v) is 8.53. The number of primary amides is 1. The summed E-state index contributed by atoms with van der Waals surface area (Å²) in [4.78, 5) is 22.9. The zero-order valence-corrected chi connectivity index (χ0v) is 16.1. The molecular weight excluding hydrogens is 376 g/mol. The summed E-state index contributed by atoms with van der Waals surface area (Å²) >= 11 is 3.45. The molecule has 3 N–H and O–H groups in total. The number of rotatable bonds is 7. The number of nitrogens with one attached hydrogen (secondary N) is 1. The third-order valence-electron chi connectivity index (χ3n) is 3.05. The van der Waals surface area contributed by atoms with Gasteiger partial charge in [0.05, 0.1) is 6.04 Å². The summed E-state index contributed by atoms with van der Waals surface area (Å²) in [5, 5.41) is 2.72. The minimum absolute atomic E-state index is 0.154. The van der Waals surface area contributed by atoms with Crippen LogP contribution in [0.2, 0.25) is 0 Å². The summed E-state index contributed by atoms with van der Waals surface area (Å²) < 4.78 is 11.9. The predicted molar refractivity (Wildman–Crippen MR) is 96.0 cm³/mol. The van der Waals surface area contributed by atoms with E-state index in [-0.39, 0.29) is 19.1 Å². The number of aryl methyl sites for hydroxylation is 1. The van der Waals surface area contributed by atoms with Gasteiger partial charge in [-0.1, -0.05) is 22.0 Å². The first-order valence-electron chi connectivity index (χ1n) is 7.73. The first kappa shape index (κ1) is 20.3. The summed E-state index contributed by atoms with van der Waals surface area (Å²) in [5.41, 5.74) is 5.69. The van der Waals surface area contributed by atoms with Crippen molar-refractivity contribution in [2.45, 2.75) is 52.2 Å². The summed E-state index contributed by atoms with van der Waals surface area (Å²) in [6, 6.07) is 5.25. The minimum atomic E-state index is -0.596. The summed E-state index contributed by atoms with van der Waals surface area (Å²) in [6.07, 6.45) is -0.0195. The lowest BCUT2D eigenvalue weighted by Gasteiger charge is -2.23. The van der Waals surface area contributed by atoms with Crippen molar-refractivity contribution >= 4 is 27.9 Å². The summed E-state index contributed by atoms with van der Waals surface area (Å²) in [5.74, 6) is 0.242. The fourth-order valence-corrected chi connectivity index (χ4v) is 2.21. The normalized spacial score (nSPS) is 12.4. The molecule has 0 aliphatic heterocycles. The Hall–Kier alpha value is -1.76. The molecule has 0 saturated carbocycles. The van der Waals surface area contributed by atoms with E-state index in [0.29, 0.717) is 12.2 Å². The summed E-state index contributed by atoms with van der Waals surface area (Å²) in [7, 11) is 0. The molecule has 1 rings (SSSR count). The van der Waals surface area contributed by atoms with E-state index in [2.05, 4.69) is 21.2 Å². The molecule has 1 aromatic carbocycles. The van der Waals surface area contributed by atoms with Crippen LogP contribution in [-0.4, -0.2) is 30.3 Å². The van der Waals surface area contributed by atoms with Gasteiger partial charge in [-0.3, -0.25) is 4.79 Å². The molecule has 0 aliphatic rings. The van der Waals surface area contributed by atoms with Crippen LogP contribution in [0.1, 0.15) is 39.2 Å². The van der Waals surface area contributed by atoms with E-state index in [1.807, 2.05) is 25.1 Å². The molecule has 0 fully saturated rings. The van der Waals surface area contributed by atoms with Crippen LogP contribution < -0.4 is 15.8 Å². The van der Waals surface area contributed by atoms with Crippen LogP contribution >= 0.6 is 15.9 Å². The highest BCUT2D eigenvalue weighted by molar-refractivity contribution is 9.10. The minimum Gasteiger partial charge on any atom is -0.491 e. The number of ether oxygens (including phenoxy) is 2. The lowest BCUT2D eigenvalue weighted by atomic mass is 10.1. The van der Waals surface area contributed by atoms with Gasteiger partial charge in [0.25, 0.3) is 0 Å². The van der Waals surface area contributed by atoms with E-state index in [0.717, 1.165) is 10.0 Å². The largest absolute Gasteiger partial charge is 0.491 e. The number of carbonyl (C=O) groups is 2. The van der Waals surface area contributed by atoms with E-state index in [1.54, 1.807) is 20.8 Å². The Morgan fingerprint density at radius 3 is 2.54 bits per heavy atom. The molecule has 0 spiro atoms. The molecule has 0 radical (unpaired) electrons. The Labute approximate surface area is 151 Å². The Balaban J connectivity index is 2.65. The van der Waals surface area contributed by atoms with Gasteiger partial charge in [0.2, 0.25) is 5.91 Å². The SMILES string of the molecule is Cc1ccc(OC[C@H](CCC(N)=O)NC(=O)OC(C)(C)C)cc1Br. The number of nitrogens with two attached hydrogens (primary N) is 1. The van der Waals surface area contributed by atoms with Crippen LogP contribution in [0.3, 0.4) is 0 Å². The number of alkyl carbamates (subject to hydrolysis) is 1. The maximum atomic E-state index is 11.9. The van der Waals surface area contributed by atoms with Crippen molar-refractivity contribution in [3.05, 3.63) is 28.2 Å². The van der Waals surface area contributed by atoms with Crippen molar-refractivity contribution in [2.75, 3.05) is 6.61 Å². The van der Waals surface area contributed by atoms with Crippen molar-refractivity contribution in [3.8, 4) is 5.75 Å². The quantitative estimate of drug-likeness (QED) is 0.734. The molecule has 0 saturated heterocycles. The van der Waals surface area contributed by atoms with E-state index in [1.165, 1.54) is 0 Å². The highest BCUT2D eigenvalue weighted by Crippen LogP contribution is 2.22. The molecule has 0 heterocycles. The van der Waals surface area contributed by atoms with Gasteiger partial charge in [-0.25, -0.2) is 4.79 Å². The van der Waals surface area contributed by atoms with Crippen LogP contribution in [0.4, 0.5) is 4.79 Å². The van der Waals surface area contributed by atoms with Gasteiger partial charge >= 0.3 is 6.09 Å². The standard InChI is InChI=1S/C17H25BrN2O4/c1-11-5-7-13(9-14(11)18)23-10-12(6-8-15(19)21)20-16(22)24-17(2,3)4/h5,7,9,12H,6,8,10H2,1-4H3,(H2,19,21)(H,20,22)/t12-/m0/s1. The molecule has 134 valence electrons. The Bertz CT molecular complexity index is 584. The molecule has 0 aromatic heterocycles. The Morgan fingerprint density at radius 1 is 1.33 bits per heavy atom. The fraction of sp³-hybridized carbons (Fsp3) is 0.529. The third kappa shape index (κ3) is 8.19. The van der Waals surface area contributed by atoms with Crippen LogP contribution in [0.5, 0.6) is 5.75 Å². The van der Waals surface area contributed by atoms with Gasteiger partial charge in [0, 0.05) is 10.9 Å². The zero-order valence-electron chi connectivity index (χ0n) is 14.5. The van der Waals surface area contributed by atoms with E-state index in [4.69, 9.17) is 15.2 Å². The number of amides is 2. The molecule has 1 aromatic rings. The van der Waals surface area contributed by atoms with E-state index in [9.17, 15) is 9.59 Å². The number of hydrogen-bond acceptors (Lipinski definition) is 4. The molecule has 2 amide bonds. The van der Waals surface area contributed by atoms with Crippen molar-refractivity contribution in [1.82, 2.24) is 5.32 Å². The summed E-state index contributed by atoms with van der Waals surface area (Å²) in [6.45, 7) is 7.54. The van der Waals surface area contributed by atoms with Crippen molar-refractivity contribution in [3.63, 3.8) is 0 Å². The molecule has 1 atom stereocenters. The number of benzene rings is 1. The second-order valence-corrected chi connectivity index (χ2v) is 7.42. The number of carbonyl (C=O) groups excluding carboxylic acids is 2. The van der Waals surface area contributed by atoms with Gasteiger partial charge in [0.1, 0.15) is 18.0 Å². The fourth-order valence-electron chi connectivity index (χ4n) is 1.85. The number of halogens is 1. The van der Waals surface area contributed by atoms with Crippen LogP contribution in [0, 0.1) is 6.92 Å². The van der Waals surface area contributed by atoms with Gasteiger partial charge in [0.15, 0.2) is 0 Å². The smallest absolute Gasteiger partial charge is 0.407 e. The van der Waals surface area contributed by atoms with Crippen molar-refractivity contribution in [1.29, 1.82) is 0 Å². The van der Waals surface area contributed by atoms with E-state index < -0.39 is 17.6 Å². The van der Waals surface area contributed by atoms with Crippen LogP contribution in [0.25, 0.3) is 0 Å². The first-order chi connectivity index (χ1) is 11.1. The van der Waals surface area contributed by atoms with Crippen LogP contribution in [0.15, 0.2) is 22.7 Å². The van der Waals surface area contributed by atoms with Gasteiger partial charge in [-0.2, -0.15) is 0 Å². The maximum Gasteiger partial charge on any atom is 0.407 e. The Morgan fingerprint density at radius 2 is 2.00 bits per heavy atom. The second kappa shape index (κ2) is 8.92. The maximum absolute atomic E-state index is 11.9. The van der Waals surface area contributed by atoms with Gasteiger partial charge in [-0.15, -0.1) is 0 Å². The molecule has 6 nitrogen and oxygen atoms in total. The van der Waals surface area contributed by atoms with Gasteiger partial charge in [-0.05, 0) is 51.8 Å². The monoisotopic (exact) mass is 400 g/mol. The average molecular weight is 401 g/mol. The molecule has 24 heavy (non-hydrogen) atoms. The third-order valence-corrected chi connectivity index (χ3v) is 3.91. The van der Waals surface area contributed by atoms with Gasteiger partial charge < -0.3 is 20.5 Å². The van der Waals surface area contributed by atoms with E-state index >= 15 is 0 Å². The van der Waals surface area contributed by atoms with Crippen molar-refractivity contribution in [2.24, 2.45) is 5.73 Å². The van der Waals surface area contributed by atoms with Crippen LogP contribution in [-0.2, 0) is 9.53 Å². The highest BCUT2D eigenvalue weighted by Gasteiger charge is 2.20. The molecular formula is C17H25BrN2O4.